The Balaban J connectivity index is 2.50. The Hall–Kier alpha value is -0.130. The minimum atomic E-state index is -3.09. The van der Waals surface area contributed by atoms with Crippen LogP contribution in [0.15, 0.2) is 0 Å². The summed E-state index contributed by atoms with van der Waals surface area (Å²) in [5.74, 6) is 0. The summed E-state index contributed by atoms with van der Waals surface area (Å²) in [4.78, 5) is 0. The summed E-state index contributed by atoms with van der Waals surface area (Å²) in [7, 11) is -3.09. The molecule has 4 nitrogen and oxygen atoms in total. The van der Waals surface area contributed by atoms with Crippen LogP contribution in [0.2, 0.25) is 0 Å². The molecule has 0 amide bonds. The molecule has 0 heterocycles. The third-order valence-corrected chi connectivity index (χ3v) is 2.92. The molecule has 0 radical (unpaired) electrons. The van der Waals surface area contributed by atoms with Crippen molar-refractivity contribution < 1.29 is 8.42 Å². The highest BCUT2D eigenvalue weighted by molar-refractivity contribution is 7.88. The average molecular weight is 192 g/mol. The van der Waals surface area contributed by atoms with Gasteiger partial charge in [-0.05, 0) is 12.8 Å². The highest BCUT2D eigenvalue weighted by Gasteiger charge is 2.23. The molecule has 1 aliphatic rings. The zero-order valence-electron chi connectivity index (χ0n) is 7.29. The lowest BCUT2D eigenvalue weighted by Gasteiger charge is -2.28. The molecule has 72 valence electrons. The highest BCUT2D eigenvalue weighted by atomic mass is 32.2. The number of hydrogen-bond acceptors (Lipinski definition) is 3. The molecule has 1 rings (SSSR count). The van der Waals surface area contributed by atoms with E-state index in [2.05, 4.69) is 4.72 Å². The summed E-state index contributed by atoms with van der Waals surface area (Å²) >= 11 is 0. The van der Waals surface area contributed by atoms with Crippen LogP contribution in [0.1, 0.15) is 25.7 Å². The second-order valence-electron chi connectivity index (χ2n) is 3.44. The summed E-state index contributed by atoms with van der Waals surface area (Å²) in [6.45, 7) is 0. The molecule has 1 fully saturated rings. The molecule has 0 aromatic heterocycles. The molecule has 3 N–H and O–H groups in total. The molecular weight excluding hydrogens is 176 g/mol. The molecule has 1 saturated carbocycles. The van der Waals surface area contributed by atoms with Crippen LogP contribution in [-0.2, 0) is 10.0 Å². The van der Waals surface area contributed by atoms with Gasteiger partial charge < -0.3 is 5.73 Å². The predicted molar refractivity (Wildman–Crippen MR) is 48.2 cm³/mol. The fraction of sp³-hybridized carbons (Fsp3) is 1.00. The summed E-state index contributed by atoms with van der Waals surface area (Å²) < 4.78 is 24.3. The minimum Gasteiger partial charge on any atom is -0.326 e. The van der Waals surface area contributed by atoms with Gasteiger partial charge in [-0.2, -0.15) is 0 Å². The summed E-state index contributed by atoms with van der Waals surface area (Å²) in [5.41, 5.74) is 5.76. The monoisotopic (exact) mass is 192 g/mol. The molecule has 1 aliphatic carbocycles. The van der Waals surface area contributed by atoms with E-state index in [0.29, 0.717) is 0 Å². The Kier molecular flexibility index (Phi) is 3.09. The van der Waals surface area contributed by atoms with Crippen LogP contribution in [0.25, 0.3) is 0 Å². The zero-order valence-corrected chi connectivity index (χ0v) is 8.10. The largest absolute Gasteiger partial charge is 0.326 e. The maximum absolute atomic E-state index is 10.9. The number of rotatable bonds is 2. The van der Waals surface area contributed by atoms with Gasteiger partial charge in [-0.15, -0.1) is 0 Å². The molecule has 2 atom stereocenters. The predicted octanol–water partition coefficient (Wildman–Crippen LogP) is -0.195. The molecule has 1 unspecified atom stereocenters. The van der Waals surface area contributed by atoms with E-state index in [-0.39, 0.29) is 12.1 Å². The molecule has 5 heteroatoms. The third-order valence-electron chi connectivity index (χ3n) is 2.18. The first-order valence-electron chi connectivity index (χ1n) is 4.22. The van der Waals surface area contributed by atoms with E-state index in [1.807, 2.05) is 0 Å². The first kappa shape index (κ1) is 9.95. The fourth-order valence-corrected chi connectivity index (χ4v) is 2.42. The van der Waals surface area contributed by atoms with E-state index in [9.17, 15) is 8.42 Å². The van der Waals surface area contributed by atoms with E-state index >= 15 is 0 Å². The number of nitrogens with one attached hydrogen (secondary N) is 1. The van der Waals surface area contributed by atoms with Crippen LogP contribution in [0, 0.1) is 0 Å². The molecule has 0 saturated heterocycles. The van der Waals surface area contributed by atoms with Crippen molar-refractivity contribution in [3.63, 3.8) is 0 Å². The molecule has 12 heavy (non-hydrogen) atoms. The second kappa shape index (κ2) is 3.72. The van der Waals surface area contributed by atoms with Gasteiger partial charge in [0, 0.05) is 12.1 Å². The standard InChI is InChI=1S/C7H16N2O2S/c1-12(10,11)9-7-5-3-2-4-6(7)8/h6-7,9H,2-5,8H2,1H3/t6?,7-/m0/s1. The normalized spacial score (nSPS) is 31.8. The Morgan fingerprint density at radius 1 is 1.33 bits per heavy atom. The second-order valence-corrected chi connectivity index (χ2v) is 5.22. The highest BCUT2D eigenvalue weighted by Crippen LogP contribution is 2.17. The Morgan fingerprint density at radius 2 is 1.92 bits per heavy atom. The number of hydrogen-bond donors (Lipinski definition) is 2. The Morgan fingerprint density at radius 3 is 2.42 bits per heavy atom. The lowest BCUT2D eigenvalue weighted by atomic mass is 9.92. The molecule has 0 aliphatic heterocycles. The topological polar surface area (TPSA) is 72.2 Å². The van der Waals surface area contributed by atoms with Crippen molar-refractivity contribution in [3.8, 4) is 0 Å². The average Bonchev–Trinajstić information content (AvgIpc) is 1.91. The van der Waals surface area contributed by atoms with Crippen LogP contribution in [0.3, 0.4) is 0 Å². The van der Waals surface area contributed by atoms with Gasteiger partial charge in [0.15, 0.2) is 0 Å². The van der Waals surface area contributed by atoms with Crippen molar-refractivity contribution in [2.75, 3.05) is 6.26 Å². The summed E-state index contributed by atoms with van der Waals surface area (Å²) in [5, 5.41) is 0. The third kappa shape index (κ3) is 3.08. The van der Waals surface area contributed by atoms with Gasteiger partial charge in [0.2, 0.25) is 10.0 Å². The van der Waals surface area contributed by atoms with Crippen LogP contribution in [0.4, 0.5) is 0 Å². The van der Waals surface area contributed by atoms with Crippen LogP contribution in [0.5, 0.6) is 0 Å². The van der Waals surface area contributed by atoms with E-state index in [0.717, 1.165) is 25.7 Å². The first-order chi connectivity index (χ1) is 5.49. The van der Waals surface area contributed by atoms with Gasteiger partial charge in [0.25, 0.3) is 0 Å². The van der Waals surface area contributed by atoms with Crippen LogP contribution < -0.4 is 10.5 Å². The van der Waals surface area contributed by atoms with E-state index in [1.165, 1.54) is 6.26 Å². The fourth-order valence-electron chi connectivity index (χ4n) is 1.58. The van der Waals surface area contributed by atoms with Crippen molar-refractivity contribution in [1.82, 2.24) is 4.72 Å². The summed E-state index contributed by atoms with van der Waals surface area (Å²) in [6, 6.07) is -0.0535. The molecule has 0 aromatic carbocycles. The molecule has 0 spiro atoms. The van der Waals surface area contributed by atoms with Crippen molar-refractivity contribution >= 4 is 10.0 Å². The van der Waals surface area contributed by atoms with Gasteiger partial charge >= 0.3 is 0 Å². The van der Waals surface area contributed by atoms with Crippen LogP contribution in [-0.4, -0.2) is 26.8 Å². The lowest BCUT2D eigenvalue weighted by molar-refractivity contribution is 0.361. The van der Waals surface area contributed by atoms with Gasteiger partial charge in [-0.3, -0.25) is 0 Å². The van der Waals surface area contributed by atoms with Crippen molar-refractivity contribution in [1.29, 1.82) is 0 Å². The molecular formula is C7H16N2O2S. The van der Waals surface area contributed by atoms with Crippen LogP contribution >= 0.6 is 0 Å². The number of sulfonamides is 1. The van der Waals surface area contributed by atoms with Gasteiger partial charge in [0.05, 0.1) is 6.26 Å². The van der Waals surface area contributed by atoms with Crippen molar-refractivity contribution in [2.45, 2.75) is 37.8 Å². The quantitative estimate of drug-likeness (QED) is 0.636. The Labute approximate surface area is 73.6 Å². The first-order valence-corrected chi connectivity index (χ1v) is 6.11. The maximum atomic E-state index is 10.9. The Bertz CT molecular complexity index is 238. The lowest BCUT2D eigenvalue weighted by Crippen LogP contribution is -2.48. The smallest absolute Gasteiger partial charge is 0.209 e. The van der Waals surface area contributed by atoms with Gasteiger partial charge in [0.1, 0.15) is 0 Å². The van der Waals surface area contributed by atoms with Crippen molar-refractivity contribution in [2.24, 2.45) is 5.73 Å². The molecule has 0 bridgehead atoms. The number of nitrogens with two attached hydrogens (primary N) is 1. The molecule has 0 aromatic rings. The summed E-state index contributed by atoms with van der Waals surface area (Å²) in [6.07, 6.45) is 5.15. The van der Waals surface area contributed by atoms with Crippen molar-refractivity contribution in [3.05, 3.63) is 0 Å². The van der Waals surface area contributed by atoms with Gasteiger partial charge in [-0.1, -0.05) is 12.8 Å². The van der Waals surface area contributed by atoms with Gasteiger partial charge in [-0.25, -0.2) is 13.1 Å². The van der Waals surface area contributed by atoms with E-state index in [4.69, 9.17) is 5.73 Å². The minimum absolute atomic E-state index is 0.00604. The van der Waals surface area contributed by atoms with E-state index in [1.54, 1.807) is 0 Å². The zero-order chi connectivity index (χ0) is 9.19. The van der Waals surface area contributed by atoms with E-state index < -0.39 is 10.0 Å². The SMILES string of the molecule is CS(=O)(=O)N[C@H]1CCCCC1N. The maximum Gasteiger partial charge on any atom is 0.209 e.